The van der Waals surface area contributed by atoms with Gasteiger partial charge in [0, 0.05) is 0 Å². The summed E-state index contributed by atoms with van der Waals surface area (Å²) in [6.45, 7) is 0. The van der Waals surface area contributed by atoms with Crippen LogP contribution in [0.5, 0.6) is 5.75 Å². The second-order valence-electron chi connectivity index (χ2n) is 1.88. The van der Waals surface area contributed by atoms with E-state index in [1.807, 2.05) is 0 Å². The van der Waals surface area contributed by atoms with Gasteiger partial charge in [0.1, 0.15) is 11.6 Å². The second-order valence-corrected chi connectivity index (χ2v) is 1.88. The van der Waals surface area contributed by atoms with Gasteiger partial charge >= 0.3 is 0 Å². The predicted molar refractivity (Wildman–Crippen MR) is 30.5 cm³/mol. The molecule has 0 bridgehead atoms. The third kappa shape index (κ3) is 1.27. The third-order valence-corrected chi connectivity index (χ3v) is 1.13. The van der Waals surface area contributed by atoms with Gasteiger partial charge in [0.15, 0.2) is 0 Å². The van der Waals surface area contributed by atoms with E-state index in [4.69, 9.17) is 5.26 Å². The molecule has 0 N–H and O–H groups in total. The van der Waals surface area contributed by atoms with Gasteiger partial charge in [0.25, 0.3) is 0 Å². The first-order valence-electron chi connectivity index (χ1n) is 2.71. The molecule has 0 aliphatic rings. The van der Waals surface area contributed by atoms with Crippen LogP contribution in [-0.4, -0.2) is 0 Å². The Morgan fingerprint density at radius 2 is 1.73 bits per heavy atom. The van der Waals surface area contributed by atoms with Gasteiger partial charge < -0.3 is 5.11 Å². The molecule has 0 heterocycles. The van der Waals surface area contributed by atoms with Crippen molar-refractivity contribution < 1.29 is 13.9 Å². The number of benzene rings is 1. The Labute approximate surface area is 61.3 Å². The summed E-state index contributed by atoms with van der Waals surface area (Å²) in [5.41, 5.74) is -0.195. The molecule has 2 nitrogen and oxygen atoms in total. The molecule has 4 heteroatoms. The van der Waals surface area contributed by atoms with Crippen molar-refractivity contribution in [2.75, 3.05) is 0 Å². The van der Waals surface area contributed by atoms with Gasteiger partial charge in [0.05, 0.1) is 11.6 Å². The largest absolute Gasteiger partial charge is 0.869 e. The smallest absolute Gasteiger partial charge is 0.119 e. The van der Waals surface area contributed by atoms with E-state index >= 15 is 0 Å². The van der Waals surface area contributed by atoms with Crippen LogP contribution in [0.4, 0.5) is 8.78 Å². The minimum atomic E-state index is -1.30. The first kappa shape index (κ1) is 7.48. The highest BCUT2D eigenvalue weighted by Gasteiger charge is 2.01. The van der Waals surface area contributed by atoms with Crippen LogP contribution in [0.1, 0.15) is 5.56 Å². The molecular weight excluding hydrogens is 152 g/mol. The van der Waals surface area contributed by atoms with E-state index < -0.39 is 17.4 Å². The molecular formula is C7H2F2NO-. The van der Waals surface area contributed by atoms with Crippen molar-refractivity contribution >= 4 is 0 Å². The summed E-state index contributed by atoms with van der Waals surface area (Å²) in [4.78, 5) is 0. The number of rotatable bonds is 0. The maximum Gasteiger partial charge on any atom is 0.119 e. The highest BCUT2D eigenvalue weighted by atomic mass is 19.1. The monoisotopic (exact) mass is 154 g/mol. The van der Waals surface area contributed by atoms with Crippen LogP contribution >= 0.6 is 0 Å². The average molecular weight is 154 g/mol. The summed E-state index contributed by atoms with van der Waals surface area (Å²) >= 11 is 0. The van der Waals surface area contributed by atoms with Crippen LogP contribution in [0, 0.1) is 23.0 Å². The summed E-state index contributed by atoms with van der Waals surface area (Å²) < 4.78 is 24.6. The van der Waals surface area contributed by atoms with Crippen molar-refractivity contribution in [3.8, 4) is 11.8 Å². The van der Waals surface area contributed by atoms with Gasteiger partial charge in [0.2, 0.25) is 0 Å². The third-order valence-electron chi connectivity index (χ3n) is 1.13. The molecule has 0 spiro atoms. The lowest BCUT2D eigenvalue weighted by molar-refractivity contribution is -0.276. The lowest BCUT2D eigenvalue weighted by Gasteiger charge is -2.07. The fourth-order valence-corrected chi connectivity index (χ4v) is 0.624. The van der Waals surface area contributed by atoms with E-state index in [9.17, 15) is 13.9 Å². The first-order chi connectivity index (χ1) is 5.15. The molecule has 0 aliphatic heterocycles. The van der Waals surface area contributed by atoms with Crippen LogP contribution in [0.15, 0.2) is 12.1 Å². The predicted octanol–water partition coefficient (Wildman–Crippen LogP) is 0.910. The molecule has 0 saturated heterocycles. The maximum absolute atomic E-state index is 12.3. The Hall–Kier alpha value is -1.63. The summed E-state index contributed by atoms with van der Waals surface area (Å²) in [5.74, 6) is -3.77. The van der Waals surface area contributed by atoms with Crippen molar-refractivity contribution in [1.82, 2.24) is 0 Å². The molecule has 0 aliphatic carbocycles. The van der Waals surface area contributed by atoms with Crippen molar-refractivity contribution in [2.24, 2.45) is 0 Å². The molecule has 0 unspecified atom stereocenters. The van der Waals surface area contributed by atoms with E-state index in [0.717, 1.165) is 0 Å². The zero-order valence-corrected chi connectivity index (χ0v) is 5.27. The minimum Gasteiger partial charge on any atom is -0.869 e. The van der Waals surface area contributed by atoms with Gasteiger partial charge in [-0.15, -0.1) is 0 Å². The standard InChI is InChI=1S/C7H3F2NO/c8-5-1-4(3-10)2-6(9)7(5)11/h1-2,11H/p-1. The van der Waals surface area contributed by atoms with Gasteiger partial charge in [-0.25, -0.2) is 8.78 Å². The molecule has 0 atom stereocenters. The zero-order valence-electron chi connectivity index (χ0n) is 5.27. The average Bonchev–Trinajstić information content (AvgIpc) is 1.99. The normalized spacial score (nSPS) is 9.18. The van der Waals surface area contributed by atoms with Crippen LogP contribution in [0.25, 0.3) is 0 Å². The van der Waals surface area contributed by atoms with Gasteiger partial charge in [-0.3, -0.25) is 0 Å². The molecule has 1 rings (SSSR count). The van der Waals surface area contributed by atoms with E-state index in [-0.39, 0.29) is 5.56 Å². The summed E-state index contributed by atoms with van der Waals surface area (Å²) in [5, 5.41) is 18.6. The molecule has 11 heavy (non-hydrogen) atoms. The minimum absolute atomic E-state index is 0.195. The molecule has 0 amide bonds. The summed E-state index contributed by atoms with van der Waals surface area (Å²) in [7, 11) is 0. The molecule has 1 aromatic rings. The Bertz CT molecular complexity index is 307. The van der Waals surface area contributed by atoms with Crippen molar-refractivity contribution in [3.05, 3.63) is 29.3 Å². The fourth-order valence-electron chi connectivity index (χ4n) is 0.624. The van der Waals surface area contributed by atoms with Crippen LogP contribution in [-0.2, 0) is 0 Å². The summed E-state index contributed by atoms with van der Waals surface area (Å²) in [6.07, 6.45) is 0. The Balaban J connectivity index is 3.35. The topological polar surface area (TPSA) is 46.8 Å². The van der Waals surface area contributed by atoms with E-state index in [0.29, 0.717) is 12.1 Å². The van der Waals surface area contributed by atoms with Gasteiger partial charge in [-0.2, -0.15) is 5.26 Å². The molecule has 56 valence electrons. The molecule has 0 fully saturated rings. The number of nitrogens with zero attached hydrogens (tertiary/aromatic N) is 1. The number of hydrogen-bond acceptors (Lipinski definition) is 2. The fraction of sp³-hybridized carbons (Fsp3) is 0. The quantitative estimate of drug-likeness (QED) is 0.557. The van der Waals surface area contributed by atoms with Crippen molar-refractivity contribution in [3.63, 3.8) is 0 Å². The van der Waals surface area contributed by atoms with Gasteiger partial charge in [-0.05, 0) is 17.9 Å². The molecule has 0 aromatic heterocycles. The highest BCUT2D eigenvalue weighted by molar-refractivity contribution is 5.35. The van der Waals surface area contributed by atoms with E-state index in [1.165, 1.54) is 6.07 Å². The van der Waals surface area contributed by atoms with E-state index in [2.05, 4.69) is 0 Å². The lowest BCUT2D eigenvalue weighted by Crippen LogP contribution is -1.98. The maximum atomic E-state index is 12.3. The lowest BCUT2D eigenvalue weighted by atomic mass is 10.2. The van der Waals surface area contributed by atoms with Crippen molar-refractivity contribution in [1.29, 1.82) is 5.26 Å². The SMILES string of the molecule is N#Cc1cc(F)c([O-])c(F)c1. The number of hydrogen-bond donors (Lipinski definition) is 0. The van der Waals surface area contributed by atoms with Crippen molar-refractivity contribution in [2.45, 2.75) is 0 Å². The molecule has 0 radical (unpaired) electrons. The highest BCUT2D eigenvalue weighted by Crippen LogP contribution is 2.17. The Kier molecular flexibility index (Phi) is 1.73. The van der Waals surface area contributed by atoms with Crippen LogP contribution < -0.4 is 5.11 Å². The second kappa shape index (κ2) is 2.54. The molecule has 0 saturated carbocycles. The van der Waals surface area contributed by atoms with Gasteiger partial charge in [-0.1, -0.05) is 0 Å². The van der Waals surface area contributed by atoms with Crippen LogP contribution in [0.2, 0.25) is 0 Å². The number of halogens is 2. The first-order valence-corrected chi connectivity index (χ1v) is 2.71. The zero-order chi connectivity index (χ0) is 8.43. The molecule has 1 aromatic carbocycles. The Morgan fingerprint density at radius 1 is 1.27 bits per heavy atom. The summed E-state index contributed by atoms with van der Waals surface area (Å²) in [6, 6.07) is 2.92. The number of nitriles is 1. The van der Waals surface area contributed by atoms with E-state index in [1.54, 1.807) is 0 Å². The van der Waals surface area contributed by atoms with Crippen LogP contribution in [0.3, 0.4) is 0 Å². The Morgan fingerprint density at radius 3 is 2.09 bits per heavy atom.